The number of carboxylic acids is 1. The van der Waals surface area contributed by atoms with Gasteiger partial charge in [0.25, 0.3) is 0 Å². The Balaban J connectivity index is 2.06. The SMILES string of the molecule is Cn1ncc2c(C(Cc3ccccc3)C(=O)O)ncnc21. The second-order valence-electron chi connectivity index (χ2n) is 4.84. The molecule has 1 N–H and O–H groups in total. The molecule has 2 aromatic heterocycles. The van der Waals surface area contributed by atoms with Gasteiger partial charge >= 0.3 is 5.97 Å². The van der Waals surface area contributed by atoms with Gasteiger partial charge in [0.05, 0.1) is 17.3 Å². The number of fused-ring (bicyclic) bond motifs is 1. The molecule has 0 radical (unpaired) electrons. The standard InChI is InChI=1S/C15H14N4O2/c1-19-14-12(8-18-19)13(16-9-17-14)11(15(20)21)7-10-5-3-2-4-6-10/h2-6,8-9,11H,7H2,1H3,(H,20,21). The lowest BCUT2D eigenvalue weighted by atomic mass is 9.94. The van der Waals surface area contributed by atoms with Crippen molar-refractivity contribution >= 4 is 17.0 Å². The van der Waals surface area contributed by atoms with E-state index in [1.165, 1.54) is 6.33 Å². The zero-order valence-corrected chi connectivity index (χ0v) is 11.5. The van der Waals surface area contributed by atoms with Gasteiger partial charge < -0.3 is 5.11 Å². The summed E-state index contributed by atoms with van der Waals surface area (Å²) in [7, 11) is 1.77. The second kappa shape index (κ2) is 5.32. The summed E-state index contributed by atoms with van der Waals surface area (Å²) in [5.41, 5.74) is 2.10. The molecule has 106 valence electrons. The average Bonchev–Trinajstić information content (AvgIpc) is 2.87. The van der Waals surface area contributed by atoms with Crippen molar-refractivity contribution in [2.24, 2.45) is 7.05 Å². The highest BCUT2D eigenvalue weighted by atomic mass is 16.4. The van der Waals surface area contributed by atoms with Gasteiger partial charge in [-0.3, -0.25) is 9.48 Å². The number of carboxylic acid groups (broad SMARTS) is 1. The van der Waals surface area contributed by atoms with Crippen molar-refractivity contribution in [1.82, 2.24) is 19.7 Å². The second-order valence-corrected chi connectivity index (χ2v) is 4.84. The smallest absolute Gasteiger partial charge is 0.312 e. The molecule has 6 nitrogen and oxygen atoms in total. The molecule has 0 saturated carbocycles. The molecule has 0 aliphatic heterocycles. The van der Waals surface area contributed by atoms with Gasteiger partial charge in [0.15, 0.2) is 5.65 Å². The van der Waals surface area contributed by atoms with Gasteiger partial charge in [0.2, 0.25) is 0 Å². The Morgan fingerprint density at radius 3 is 2.76 bits per heavy atom. The Kier molecular flexibility index (Phi) is 3.35. The Morgan fingerprint density at radius 1 is 1.29 bits per heavy atom. The average molecular weight is 282 g/mol. The Labute approximate surface area is 121 Å². The van der Waals surface area contributed by atoms with Crippen molar-refractivity contribution in [3.8, 4) is 0 Å². The molecule has 21 heavy (non-hydrogen) atoms. The third kappa shape index (κ3) is 2.47. The van der Waals surface area contributed by atoms with Crippen LogP contribution in [0.1, 0.15) is 17.2 Å². The molecule has 3 aromatic rings. The minimum atomic E-state index is -0.900. The molecular weight excluding hydrogens is 268 g/mol. The van der Waals surface area contributed by atoms with Gasteiger partial charge in [-0.2, -0.15) is 5.10 Å². The summed E-state index contributed by atoms with van der Waals surface area (Å²) in [5, 5.41) is 14.4. The van der Waals surface area contributed by atoms with E-state index < -0.39 is 11.9 Å². The molecule has 0 aliphatic carbocycles. The van der Waals surface area contributed by atoms with Crippen LogP contribution in [0.15, 0.2) is 42.9 Å². The first-order chi connectivity index (χ1) is 10.2. The summed E-state index contributed by atoms with van der Waals surface area (Å²) in [5.74, 6) is -1.62. The Bertz CT molecular complexity index is 783. The van der Waals surface area contributed by atoms with Crippen LogP contribution in [0.3, 0.4) is 0 Å². The lowest BCUT2D eigenvalue weighted by Gasteiger charge is -2.12. The van der Waals surface area contributed by atoms with Crippen LogP contribution < -0.4 is 0 Å². The first-order valence-corrected chi connectivity index (χ1v) is 6.56. The molecule has 3 rings (SSSR count). The highest BCUT2D eigenvalue weighted by Crippen LogP contribution is 2.25. The maximum absolute atomic E-state index is 11.7. The van der Waals surface area contributed by atoms with Crippen molar-refractivity contribution in [3.63, 3.8) is 0 Å². The van der Waals surface area contributed by atoms with E-state index in [-0.39, 0.29) is 0 Å². The number of hydrogen-bond acceptors (Lipinski definition) is 4. The maximum atomic E-state index is 11.7. The number of benzene rings is 1. The molecule has 1 aromatic carbocycles. The summed E-state index contributed by atoms with van der Waals surface area (Å²) in [4.78, 5) is 20.0. The molecular formula is C15H14N4O2. The van der Waals surface area contributed by atoms with Crippen LogP contribution in [0.2, 0.25) is 0 Å². The Morgan fingerprint density at radius 2 is 2.05 bits per heavy atom. The summed E-state index contributed by atoms with van der Waals surface area (Å²) < 4.78 is 1.61. The maximum Gasteiger partial charge on any atom is 0.312 e. The Hall–Kier alpha value is -2.76. The van der Waals surface area contributed by atoms with Gasteiger partial charge in [0.1, 0.15) is 12.2 Å². The number of hydrogen-bond donors (Lipinski definition) is 1. The number of aryl methyl sites for hydroxylation is 1. The van der Waals surface area contributed by atoms with E-state index in [4.69, 9.17) is 0 Å². The largest absolute Gasteiger partial charge is 0.481 e. The molecule has 1 atom stereocenters. The number of rotatable bonds is 4. The molecule has 0 amide bonds. The van der Waals surface area contributed by atoms with E-state index in [1.54, 1.807) is 17.9 Å². The summed E-state index contributed by atoms with van der Waals surface area (Å²) in [6, 6.07) is 9.53. The van der Waals surface area contributed by atoms with E-state index in [0.29, 0.717) is 23.1 Å². The van der Waals surface area contributed by atoms with Crippen LogP contribution in [0.4, 0.5) is 0 Å². The molecule has 0 aliphatic rings. The van der Waals surface area contributed by atoms with E-state index in [0.717, 1.165) is 5.56 Å². The fourth-order valence-corrected chi connectivity index (χ4v) is 2.41. The van der Waals surface area contributed by atoms with Crippen LogP contribution in [-0.4, -0.2) is 30.8 Å². The van der Waals surface area contributed by atoms with E-state index in [2.05, 4.69) is 15.1 Å². The first kappa shape index (κ1) is 13.2. The number of aromatic nitrogens is 4. The molecule has 0 spiro atoms. The van der Waals surface area contributed by atoms with Gasteiger partial charge in [-0.15, -0.1) is 0 Å². The zero-order chi connectivity index (χ0) is 14.8. The molecule has 2 heterocycles. The van der Waals surface area contributed by atoms with Crippen molar-refractivity contribution < 1.29 is 9.90 Å². The van der Waals surface area contributed by atoms with Crippen LogP contribution >= 0.6 is 0 Å². The van der Waals surface area contributed by atoms with E-state index in [1.807, 2.05) is 30.3 Å². The number of aliphatic carboxylic acids is 1. The minimum absolute atomic E-state index is 0.386. The molecule has 1 unspecified atom stereocenters. The minimum Gasteiger partial charge on any atom is -0.481 e. The molecule has 0 fully saturated rings. The monoisotopic (exact) mass is 282 g/mol. The molecule has 0 saturated heterocycles. The van der Waals surface area contributed by atoms with Crippen molar-refractivity contribution in [2.75, 3.05) is 0 Å². The lowest BCUT2D eigenvalue weighted by molar-refractivity contribution is -0.138. The molecule has 6 heteroatoms. The first-order valence-electron chi connectivity index (χ1n) is 6.56. The summed E-state index contributed by atoms with van der Waals surface area (Å²) in [6.07, 6.45) is 3.39. The van der Waals surface area contributed by atoms with Gasteiger partial charge in [-0.1, -0.05) is 30.3 Å². The highest BCUT2D eigenvalue weighted by Gasteiger charge is 2.25. The van der Waals surface area contributed by atoms with E-state index in [9.17, 15) is 9.90 Å². The van der Waals surface area contributed by atoms with Crippen molar-refractivity contribution in [3.05, 3.63) is 54.1 Å². The van der Waals surface area contributed by atoms with Crippen molar-refractivity contribution in [2.45, 2.75) is 12.3 Å². The van der Waals surface area contributed by atoms with Gasteiger partial charge in [-0.05, 0) is 12.0 Å². The summed E-state index contributed by atoms with van der Waals surface area (Å²) in [6.45, 7) is 0. The summed E-state index contributed by atoms with van der Waals surface area (Å²) >= 11 is 0. The van der Waals surface area contributed by atoms with Crippen LogP contribution in [0.5, 0.6) is 0 Å². The number of carbonyl (C=O) groups is 1. The van der Waals surface area contributed by atoms with Crippen molar-refractivity contribution in [1.29, 1.82) is 0 Å². The van der Waals surface area contributed by atoms with Gasteiger partial charge in [0, 0.05) is 7.05 Å². The molecule has 0 bridgehead atoms. The third-order valence-corrected chi connectivity index (χ3v) is 3.47. The lowest BCUT2D eigenvalue weighted by Crippen LogP contribution is -2.16. The highest BCUT2D eigenvalue weighted by molar-refractivity contribution is 5.85. The quantitative estimate of drug-likeness (QED) is 0.788. The number of nitrogens with zero attached hydrogens (tertiary/aromatic N) is 4. The van der Waals surface area contributed by atoms with Gasteiger partial charge in [-0.25, -0.2) is 9.97 Å². The topological polar surface area (TPSA) is 80.9 Å². The van der Waals surface area contributed by atoms with Crippen LogP contribution in [0.25, 0.3) is 11.0 Å². The predicted octanol–water partition coefficient (Wildman–Crippen LogP) is 1.77. The normalized spacial score (nSPS) is 12.4. The van der Waals surface area contributed by atoms with E-state index >= 15 is 0 Å². The fraction of sp³-hybridized carbons (Fsp3) is 0.200. The fourth-order valence-electron chi connectivity index (χ4n) is 2.41. The predicted molar refractivity (Wildman–Crippen MR) is 76.8 cm³/mol. The zero-order valence-electron chi connectivity index (χ0n) is 11.5. The van der Waals surface area contributed by atoms with Crippen LogP contribution in [0, 0.1) is 0 Å². The third-order valence-electron chi connectivity index (χ3n) is 3.47. The van der Waals surface area contributed by atoms with Crippen LogP contribution in [-0.2, 0) is 18.3 Å².